The van der Waals surface area contributed by atoms with E-state index in [0.29, 0.717) is 5.92 Å². The molecule has 0 atom stereocenters. The van der Waals surface area contributed by atoms with E-state index >= 15 is 0 Å². The highest BCUT2D eigenvalue weighted by Gasteiger charge is 2.23. The number of likely N-dealkylation sites (tertiary alicyclic amines) is 1. The second-order valence-electron chi connectivity index (χ2n) is 5.11. The van der Waals surface area contributed by atoms with Crippen molar-refractivity contribution in [3.8, 4) is 0 Å². The number of rotatable bonds is 3. The van der Waals surface area contributed by atoms with Gasteiger partial charge in [-0.15, -0.1) is 0 Å². The third kappa shape index (κ3) is 3.10. The summed E-state index contributed by atoms with van der Waals surface area (Å²) in [5.74, 6) is 0.717. The Morgan fingerprint density at radius 2 is 1.89 bits per heavy atom. The van der Waals surface area contributed by atoms with Crippen molar-refractivity contribution in [2.24, 2.45) is 5.92 Å². The van der Waals surface area contributed by atoms with Crippen LogP contribution >= 0.6 is 0 Å². The fourth-order valence-electron chi connectivity index (χ4n) is 2.49. The Balaban J connectivity index is 1.93. The number of hydrogen-bond donors (Lipinski definition) is 1. The first kappa shape index (κ1) is 13.1. The minimum absolute atomic E-state index is 0.137. The van der Waals surface area contributed by atoms with Crippen molar-refractivity contribution in [2.45, 2.75) is 26.2 Å². The monoisotopic (exact) mass is 247 g/mol. The smallest absolute Gasteiger partial charge is 0.253 e. The van der Waals surface area contributed by atoms with E-state index in [0.717, 1.165) is 37.9 Å². The lowest BCUT2D eigenvalue weighted by atomic mass is 9.93. The van der Waals surface area contributed by atoms with E-state index in [-0.39, 0.29) is 12.5 Å². The van der Waals surface area contributed by atoms with E-state index in [1.807, 2.05) is 36.1 Å². The van der Waals surface area contributed by atoms with Crippen LogP contribution in [0.15, 0.2) is 24.3 Å². The number of aryl methyl sites for hydroxylation is 1. The molecule has 1 fully saturated rings. The summed E-state index contributed by atoms with van der Waals surface area (Å²) in [6.45, 7) is 3.92. The predicted molar refractivity (Wildman–Crippen MR) is 71.5 cm³/mol. The molecule has 1 aromatic carbocycles. The fraction of sp³-hybridized carbons (Fsp3) is 0.533. The number of hydrogen-bond acceptors (Lipinski definition) is 2. The normalized spacial score (nSPS) is 16.9. The molecule has 1 saturated heterocycles. The molecule has 1 aliphatic rings. The lowest BCUT2D eigenvalue weighted by Gasteiger charge is -2.31. The van der Waals surface area contributed by atoms with Crippen LogP contribution in [0.3, 0.4) is 0 Å². The number of carbonyl (C=O) groups excluding carboxylic acids is 1. The predicted octanol–water partition coefficient (Wildman–Crippen LogP) is 2.23. The van der Waals surface area contributed by atoms with Gasteiger partial charge in [-0.05, 0) is 44.2 Å². The second-order valence-corrected chi connectivity index (χ2v) is 5.11. The van der Waals surface area contributed by atoms with Crippen LogP contribution in [0.2, 0.25) is 0 Å². The van der Waals surface area contributed by atoms with Crippen LogP contribution in [0.1, 0.15) is 35.2 Å². The van der Waals surface area contributed by atoms with Crippen LogP contribution in [0.25, 0.3) is 0 Å². The van der Waals surface area contributed by atoms with E-state index in [1.165, 1.54) is 5.56 Å². The zero-order chi connectivity index (χ0) is 13.0. The third-order valence-electron chi connectivity index (χ3n) is 3.74. The lowest BCUT2D eigenvalue weighted by molar-refractivity contribution is 0.0678. The van der Waals surface area contributed by atoms with Gasteiger partial charge in [0.15, 0.2) is 0 Å². The molecule has 0 saturated carbocycles. The summed E-state index contributed by atoms with van der Waals surface area (Å²) in [4.78, 5) is 14.2. The van der Waals surface area contributed by atoms with E-state index in [4.69, 9.17) is 5.11 Å². The zero-order valence-corrected chi connectivity index (χ0v) is 10.9. The van der Waals surface area contributed by atoms with Crippen LogP contribution in [0.4, 0.5) is 0 Å². The second kappa shape index (κ2) is 6.01. The number of amides is 1. The number of benzene rings is 1. The largest absolute Gasteiger partial charge is 0.396 e. The first-order valence-corrected chi connectivity index (χ1v) is 6.67. The standard InChI is InChI=1S/C15H21NO2/c1-12-2-4-14(5-3-12)15(18)16-9-6-13(7-10-16)8-11-17/h2-5,13,17H,6-11H2,1H3. The molecular weight excluding hydrogens is 226 g/mol. The molecule has 0 aromatic heterocycles. The molecule has 0 bridgehead atoms. The first-order valence-electron chi connectivity index (χ1n) is 6.67. The highest BCUT2D eigenvalue weighted by atomic mass is 16.3. The molecule has 0 unspecified atom stereocenters. The van der Waals surface area contributed by atoms with Gasteiger partial charge in [0.1, 0.15) is 0 Å². The van der Waals surface area contributed by atoms with Crippen molar-refractivity contribution in [1.29, 1.82) is 0 Å². The lowest BCUT2D eigenvalue weighted by Crippen LogP contribution is -2.38. The van der Waals surface area contributed by atoms with E-state index < -0.39 is 0 Å². The summed E-state index contributed by atoms with van der Waals surface area (Å²) in [6.07, 6.45) is 2.89. The van der Waals surface area contributed by atoms with Gasteiger partial charge in [0.25, 0.3) is 5.91 Å². The molecule has 1 aliphatic heterocycles. The van der Waals surface area contributed by atoms with Gasteiger partial charge >= 0.3 is 0 Å². The van der Waals surface area contributed by atoms with Crippen LogP contribution in [0, 0.1) is 12.8 Å². The minimum atomic E-state index is 0.137. The van der Waals surface area contributed by atoms with Crippen molar-refractivity contribution in [3.05, 3.63) is 35.4 Å². The number of piperidine rings is 1. The zero-order valence-electron chi connectivity index (χ0n) is 10.9. The summed E-state index contributed by atoms with van der Waals surface area (Å²) in [6, 6.07) is 7.76. The summed E-state index contributed by atoms with van der Waals surface area (Å²) in [5.41, 5.74) is 1.95. The molecule has 3 heteroatoms. The van der Waals surface area contributed by atoms with Gasteiger partial charge < -0.3 is 10.0 Å². The highest BCUT2D eigenvalue weighted by Crippen LogP contribution is 2.21. The average Bonchev–Trinajstić information content (AvgIpc) is 2.40. The van der Waals surface area contributed by atoms with Gasteiger partial charge in [0, 0.05) is 25.3 Å². The molecule has 2 rings (SSSR count). The Bertz CT molecular complexity index is 391. The Labute approximate surface area is 108 Å². The van der Waals surface area contributed by atoms with Crippen LogP contribution in [-0.4, -0.2) is 35.6 Å². The van der Waals surface area contributed by atoms with Crippen LogP contribution in [0.5, 0.6) is 0 Å². The maximum atomic E-state index is 12.3. The quantitative estimate of drug-likeness (QED) is 0.889. The molecule has 1 amide bonds. The van der Waals surface area contributed by atoms with Crippen molar-refractivity contribution in [1.82, 2.24) is 4.90 Å². The van der Waals surface area contributed by atoms with E-state index in [9.17, 15) is 4.79 Å². The maximum absolute atomic E-state index is 12.3. The van der Waals surface area contributed by atoms with Gasteiger partial charge in [-0.3, -0.25) is 4.79 Å². The summed E-state index contributed by atoms with van der Waals surface area (Å²) >= 11 is 0. The average molecular weight is 247 g/mol. The van der Waals surface area contributed by atoms with Crippen molar-refractivity contribution in [2.75, 3.05) is 19.7 Å². The summed E-state index contributed by atoms with van der Waals surface area (Å²) < 4.78 is 0. The molecule has 3 nitrogen and oxygen atoms in total. The van der Waals surface area contributed by atoms with Crippen molar-refractivity contribution in [3.63, 3.8) is 0 Å². The van der Waals surface area contributed by atoms with Crippen LogP contribution in [-0.2, 0) is 0 Å². The number of carbonyl (C=O) groups is 1. The molecule has 1 N–H and O–H groups in total. The molecule has 0 radical (unpaired) electrons. The molecule has 1 aromatic rings. The van der Waals surface area contributed by atoms with Gasteiger partial charge in [-0.2, -0.15) is 0 Å². The summed E-state index contributed by atoms with van der Waals surface area (Å²) in [5, 5.41) is 8.92. The Morgan fingerprint density at radius 3 is 2.44 bits per heavy atom. The van der Waals surface area contributed by atoms with Gasteiger partial charge in [-0.1, -0.05) is 17.7 Å². The molecule has 98 valence electrons. The number of nitrogens with zero attached hydrogens (tertiary/aromatic N) is 1. The first-order chi connectivity index (χ1) is 8.70. The molecule has 18 heavy (non-hydrogen) atoms. The fourth-order valence-corrected chi connectivity index (χ4v) is 2.49. The topological polar surface area (TPSA) is 40.5 Å². The third-order valence-corrected chi connectivity index (χ3v) is 3.74. The van der Waals surface area contributed by atoms with E-state index in [2.05, 4.69) is 0 Å². The van der Waals surface area contributed by atoms with Crippen molar-refractivity contribution < 1.29 is 9.90 Å². The Kier molecular flexibility index (Phi) is 4.37. The SMILES string of the molecule is Cc1ccc(C(=O)N2CCC(CCO)CC2)cc1. The van der Waals surface area contributed by atoms with Gasteiger partial charge in [0.05, 0.1) is 0 Å². The molecule has 0 spiro atoms. The van der Waals surface area contributed by atoms with Gasteiger partial charge in [0.2, 0.25) is 0 Å². The van der Waals surface area contributed by atoms with Crippen LogP contribution < -0.4 is 0 Å². The molecule has 0 aliphatic carbocycles. The summed E-state index contributed by atoms with van der Waals surface area (Å²) in [7, 11) is 0. The van der Waals surface area contributed by atoms with E-state index in [1.54, 1.807) is 0 Å². The Morgan fingerprint density at radius 1 is 1.28 bits per heavy atom. The minimum Gasteiger partial charge on any atom is -0.396 e. The molecular formula is C15H21NO2. The van der Waals surface area contributed by atoms with Gasteiger partial charge in [-0.25, -0.2) is 0 Å². The number of aliphatic hydroxyl groups excluding tert-OH is 1. The molecule has 1 heterocycles. The number of aliphatic hydroxyl groups is 1. The maximum Gasteiger partial charge on any atom is 0.253 e. The highest BCUT2D eigenvalue weighted by molar-refractivity contribution is 5.94. The van der Waals surface area contributed by atoms with Crippen molar-refractivity contribution >= 4 is 5.91 Å². The Hall–Kier alpha value is -1.35.